The van der Waals surface area contributed by atoms with E-state index in [2.05, 4.69) is 55.8 Å². The van der Waals surface area contributed by atoms with Crippen LogP contribution in [0.5, 0.6) is 0 Å². The maximum atomic E-state index is 2.51. The minimum absolute atomic E-state index is 0.583. The molecule has 2 heteroatoms. The topological polar surface area (TPSA) is 6.48 Å². The van der Waals surface area contributed by atoms with Crippen LogP contribution in [-0.2, 0) is 6.42 Å². The van der Waals surface area contributed by atoms with Gasteiger partial charge in [0.25, 0.3) is 0 Å². The molecular formula is C14H22N2. The van der Waals surface area contributed by atoms with Crippen LogP contribution in [-0.4, -0.2) is 26.2 Å². The third kappa shape index (κ3) is 1.89. The van der Waals surface area contributed by atoms with E-state index in [4.69, 9.17) is 0 Å². The highest BCUT2D eigenvalue weighted by Gasteiger charge is 2.21. The lowest BCUT2D eigenvalue weighted by Crippen LogP contribution is -2.42. The first-order valence-corrected chi connectivity index (χ1v) is 6.24. The smallest absolute Gasteiger partial charge is 0.0609 e. The molecule has 16 heavy (non-hydrogen) atoms. The van der Waals surface area contributed by atoms with Crippen LogP contribution in [0.1, 0.15) is 26.3 Å². The van der Waals surface area contributed by atoms with Gasteiger partial charge in [0.2, 0.25) is 0 Å². The van der Waals surface area contributed by atoms with Crippen molar-refractivity contribution in [1.82, 2.24) is 0 Å². The Hall–Kier alpha value is -1.18. The lowest BCUT2D eigenvalue weighted by molar-refractivity contribution is 0.655. The summed E-state index contributed by atoms with van der Waals surface area (Å²) in [6.45, 7) is 9.01. The molecule has 1 aromatic rings. The number of hydrogen-bond donors (Lipinski definition) is 0. The van der Waals surface area contributed by atoms with Gasteiger partial charge in [-0.15, -0.1) is 0 Å². The maximum Gasteiger partial charge on any atom is 0.0609 e. The van der Waals surface area contributed by atoms with Crippen LogP contribution in [0.3, 0.4) is 0 Å². The Bertz CT molecular complexity index is 371. The van der Waals surface area contributed by atoms with E-state index in [-0.39, 0.29) is 0 Å². The van der Waals surface area contributed by atoms with Gasteiger partial charge in [0, 0.05) is 26.2 Å². The normalized spacial score (nSPS) is 15.6. The van der Waals surface area contributed by atoms with Crippen molar-refractivity contribution in [3.8, 4) is 0 Å². The van der Waals surface area contributed by atoms with E-state index in [1.807, 2.05) is 0 Å². The fraction of sp³-hybridized carbons (Fsp3) is 0.571. The van der Waals surface area contributed by atoms with E-state index >= 15 is 0 Å². The molecule has 2 nitrogen and oxygen atoms in total. The summed E-state index contributed by atoms with van der Waals surface area (Å²) in [6.07, 6.45) is 1.11. The average Bonchev–Trinajstić information content (AvgIpc) is 2.28. The van der Waals surface area contributed by atoms with Gasteiger partial charge < -0.3 is 9.80 Å². The molecule has 88 valence electrons. The summed E-state index contributed by atoms with van der Waals surface area (Å²) >= 11 is 0. The third-order valence-corrected chi connectivity index (χ3v) is 3.47. The predicted molar refractivity (Wildman–Crippen MR) is 71.6 cm³/mol. The summed E-state index contributed by atoms with van der Waals surface area (Å²) in [4.78, 5) is 4.86. The highest BCUT2D eigenvalue weighted by molar-refractivity contribution is 5.74. The van der Waals surface area contributed by atoms with Crippen molar-refractivity contribution in [2.75, 3.05) is 29.9 Å². The second-order valence-electron chi connectivity index (χ2n) is 4.89. The molecule has 0 N–H and O–H groups in total. The van der Waals surface area contributed by atoms with Crippen molar-refractivity contribution >= 4 is 11.4 Å². The van der Waals surface area contributed by atoms with E-state index < -0.39 is 0 Å². The van der Waals surface area contributed by atoms with Crippen LogP contribution in [0.25, 0.3) is 0 Å². The summed E-state index contributed by atoms with van der Waals surface area (Å²) in [5, 5.41) is 0. The van der Waals surface area contributed by atoms with Gasteiger partial charge in [0.15, 0.2) is 0 Å². The molecule has 1 aliphatic rings. The van der Waals surface area contributed by atoms with Gasteiger partial charge in [0.05, 0.1) is 11.4 Å². The van der Waals surface area contributed by atoms with Gasteiger partial charge in [-0.3, -0.25) is 0 Å². The van der Waals surface area contributed by atoms with Crippen molar-refractivity contribution in [1.29, 1.82) is 0 Å². The Kier molecular flexibility index (Phi) is 3.08. The second kappa shape index (κ2) is 4.36. The lowest BCUT2D eigenvalue weighted by Gasteiger charge is -2.39. The summed E-state index contributed by atoms with van der Waals surface area (Å²) < 4.78 is 0. The van der Waals surface area contributed by atoms with Crippen molar-refractivity contribution in [3.05, 3.63) is 23.8 Å². The molecule has 1 aromatic carbocycles. The highest BCUT2D eigenvalue weighted by atomic mass is 15.3. The molecule has 0 aliphatic carbocycles. The lowest BCUT2D eigenvalue weighted by atomic mass is 10.1. The molecule has 0 saturated carbocycles. The second-order valence-corrected chi connectivity index (χ2v) is 4.89. The van der Waals surface area contributed by atoms with E-state index in [0.717, 1.165) is 19.5 Å². The van der Waals surface area contributed by atoms with E-state index in [9.17, 15) is 0 Å². The largest absolute Gasteiger partial charge is 0.371 e. The first-order chi connectivity index (χ1) is 7.63. The molecule has 1 aliphatic heterocycles. The number of aryl methyl sites for hydroxylation is 1. The third-order valence-electron chi connectivity index (χ3n) is 3.47. The molecule has 0 radical (unpaired) electrons. The highest BCUT2D eigenvalue weighted by Crippen LogP contribution is 2.34. The molecule has 0 unspecified atom stereocenters. The van der Waals surface area contributed by atoms with Gasteiger partial charge in [-0.05, 0) is 38.0 Å². The number of likely N-dealkylation sites (N-methyl/N-ethyl adjacent to an activating group) is 1. The number of fused-ring (bicyclic) bond motifs is 1. The summed E-state index contributed by atoms with van der Waals surface area (Å²) in [5.41, 5.74) is 4.21. The van der Waals surface area contributed by atoms with Crippen LogP contribution in [0, 0.1) is 0 Å². The molecule has 0 aromatic heterocycles. The maximum absolute atomic E-state index is 2.51. The molecule has 1 heterocycles. The van der Waals surface area contributed by atoms with E-state index in [0.29, 0.717) is 6.04 Å². The van der Waals surface area contributed by atoms with Gasteiger partial charge >= 0.3 is 0 Å². The monoisotopic (exact) mass is 218 g/mol. The molecular weight excluding hydrogens is 196 g/mol. The number of hydrogen-bond acceptors (Lipinski definition) is 2. The Morgan fingerprint density at radius 2 is 1.94 bits per heavy atom. The van der Waals surface area contributed by atoms with Crippen LogP contribution in [0.15, 0.2) is 18.2 Å². The molecule has 0 spiro atoms. The van der Waals surface area contributed by atoms with Gasteiger partial charge in [-0.2, -0.15) is 0 Å². The molecule has 0 saturated heterocycles. The Morgan fingerprint density at radius 3 is 2.56 bits per heavy atom. The fourth-order valence-electron chi connectivity index (χ4n) is 2.38. The minimum Gasteiger partial charge on any atom is -0.371 e. The number of nitrogens with zero attached hydrogens (tertiary/aromatic N) is 2. The zero-order chi connectivity index (χ0) is 11.7. The Balaban J connectivity index is 2.45. The van der Waals surface area contributed by atoms with Crippen molar-refractivity contribution in [3.63, 3.8) is 0 Å². The zero-order valence-electron chi connectivity index (χ0n) is 10.8. The first kappa shape index (κ1) is 11.3. The predicted octanol–water partition coefficient (Wildman–Crippen LogP) is 2.91. The van der Waals surface area contributed by atoms with Crippen LogP contribution < -0.4 is 9.80 Å². The van der Waals surface area contributed by atoms with E-state index in [1.165, 1.54) is 16.9 Å². The SMILES string of the molecule is CCc1ccc2c(c1)N(C(C)C)CCN2C. The van der Waals surface area contributed by atoms with Crippen LogP contribution in [0.4, 0.5) is 11.4 Å². The Morgan fingerprint density at radius 1 is 1.19 bits per heavy atom. The molecule has 0 atom stereocenters. The number of benzene rings is 1. The van der Waals surface area contributed by atoms with Crippen molar-refractivity contribution in [2.24, 2.45) is 0 Å². The zero-order valence-corrected chi connectivity index (χ0v) is 10.8. The van der Waals surface area contributed by atoms with Crippen molar-refractivity contribution < 1.29 is 0 Å². The summed E-state index contributed by atoms with van der Waals surface area (Å²) in [5.74, 6) is 0. The summed E-state index contributed by atoms with van der Waals surface area (Å²) in [6, 6.07) is 7.45. The summed E-state index contributed by atoms with van der Waals surface area (Å²) in [7, 11) is 2.18. The standard InChI is InChI=1S/C14H22N2/c1-5-12-6-7-13-14(10-12)16(11(2)3)9-8-15(13)4/h6-7,10-11H,5,8-9H2,1-4H3. The molecule has 0 amide bonds. The first-order valence-electron chi connectivity index (χ1n) is 6.24. The van der Waals surface area contributed by atoms with Gasteiger partial charge in [0.1, 0.15) is 0 Å². The Labute approximate surface area is 98.9 Å². The molecule has 0 fully saturated rings. The van der Waals surface area contributed by atoms with Crippen LogP contribution in [0.2, 0.25) is 0 Å². The fourth-order valence-corrected chi connectivity index (χ4v) is 2.38. The van der Waals surface area contributed by atoms with Crippen molar-refractivity contribution in [2.45, 2.75) is 33.2 Å². The average molecular weight is 218 g/mol. The van der Waals surface area contributed by atoms with Gasteiger partial charge in [-0.1, -0.05) is 13.0 Å². The van der Waals surface area contributed by atoms with Crippen LogP contribution >= 0.6 is 0 Å². The molecule has 0 bridgehead atoms. The minimum atomic E-state index is 0.583. The number of rotatable bonds is 2. The van der Waals surface area contributed by atoms with Gasteiger partial charge in [-0.25, -0.2) is 0 Å². The quantitative estimate of drug-likeness (QED) is 0.753. The number of anilines is 2. The molecule has 2 rings (SSSR count). The van der Waals surface area contributed by atoms with E-state index in [1.54, 1.807) is 0 Å².